The third kappa shape index (κ3) is 2.32. The van der Waals surface area contributed by atoms with Gasteiger partial charge < -0.3 is 20.5 Å². The number of nitrogens with two attached hydrogens (primary N) is 1. The Labute approximate surface area is 167 Å². The van der Waals surface area contributed by atoms with Crippen LogP contribution in [-0.2, 0) is 24.7 Å². The largest absolute Gasteiger partial charge is 0.387 e. The maximum atomic E-state index is 13.3. The van der Waals surface area contributed by atoms with E-state index in [1.807, 2.05) is 0 Å². The standard InChI is InChI=1S/C19H22ClN3O5/c1-8-11(20)5-4-10-14(8)21-18(27)19(10)13-12(15(22-19)9(2)24)16(25)23(17(13)26)6-7-28-3/h4-5,9,12-13,15,22,24H,6-7H2,1-3H3,(H,21,27)/p+1/t9-,12+,13+,15+,19-/m1/s1. The number of anilines is 1. The minimum absolute atomic E-state index is 0.123. The van der Waals surface area contributed by atoms with Crippen LogP contribution >= 0.6 is 11.6 Å². The molecule has 4 rings (SSSR count). The van der Waals surface area contributed by atoms with E-state index in [1.165, 1.54) is 7.11 Å². The lowest BCUT2D eigenvalue weighted by atomic mass is 9.76. The van der Waals surface area contributed by atoms with Crippen molar-refractivity contribution in [3.63, 3.8) is 0 Å². The predicted octanol–water partition coefficient (Wildman–Crippen LogP) is -0.630. The van der Waals surface area contributed by atoms with Crippen molar-refractivity contribution < 1.29 is 29.5 Å². The molecule has 2 fully saturated rings. The van der Waals surface area contributed by atoms with E-state index in [2.05, 4.69) is 5.32 Å². The highest BCUT2D eigenvalue weighted by atomic mass is 35.5. The number of imide groups is 1. The molecule has 1 aromatic rings. The van der Waals surface area contributed by atoms with Crippen LogP contribution in [0.25, 0.3) is 0 Å². The SMILES string of the molecule is COCCN1C(=O)[C@@H]2[C@H]([C@@H](C)O)[NH2+][C@@]3(C(=O)Nc4c3ccc(Cl)c4C)[C@@H]2C1=O. The van der Waals surface area contributed by atoms with Crippen LogP contribution in [-0.4, -0.2) is 60.1 Å². The fourth-order valence-electron chi connectivity index (χ4n) is 4.98. The van der Waals surface area contributed by atoms with Crippen LogP contribution in [0.4, 0.5) is 5.69 Å². The maximum absolute atomic E-state index is 13.3. The smallest absolute Gasteiger partial charge is 0.291 e. The number of likely N-dealkylation sites (tertiary alicyclic amines) is 1. The van der Waals surface area contributed by atoms with Crippen molar-refractivity contribution in [1.29, 1.82) is 0 Å². The highest BCUT2D eigenvalue weighted by Crippen LogP contribution is 2.50. The number of carbonyl (C=O) groups is 3. The Bertz CT molecular complexity index is 889. The van der Waals surface area contributed by atoms with E-state index in [0.29, 0.717) is 21.8 Å². The Kier molecular flexibility index (Phi) is 4.50. The van der Waals surface area contributed by atoms with Gasteiger partial charge in [0, 0.05) is 17.7 Å². The lowest BCUT2D eigenvalue weighted by Crippen LogP contribution is -3.00. The third-order valence-electron chi connectivity index (χ3n) is 6.34. The van der Waals surface area contributed by atoms with Crippen LogP contribution in [0.1, 0.15) is 18.1 Å². The molecular formula is C19H23ClN3O5+. The van der Waals surface area contributed by atoms with Crippen molar-refractivity contribution >= 4 is 35.0 Å². The first kappa shape index (κ1) is 19.3. The highest BCUT2D eigenvalue weighted by molar-refractivity contribution is 6.32. The minimum Gasteiger partial charge on any atom is -0.387 e. The zero-order valence-electron chi connectivity index (χ0n) is 15.9. The molecule has 150 valence electrons. The van der Waals surface area contributed by atoms with E-state index in [1.54, 1.807) is 31.3 Å². The Morgan fingerprint density at radius 2 is 2.07 bits per heavy atom. The molecule has 3 amide bonds. The number of amides is 3. The number of nitrogens with one attached hydrogen (secondary N) is 1. The van der Waals surface area contributed by atoms with Gasteiger partial charge in [-0.2, -0.15) is 0 Å². The summed E-state index contributed by atoms with van der Waals surface area (Å²) in [4.78, 5) is 40.7. The van der Waals surface area contributed by atoms with Gasteiger partial charge in [-0.15, -0.1) is 0 Å². The molecule has 0 aromatic heterocycles. The van der Waals surface area contributed by atoms with Crippen molar-refractivity contribution in [2.24, 2.45) is 11.8 Å². The van der Waals surface area contributed by atoms with Crippen molar-refractivity contribution in [2.45, 2.75) is 31.5 Å². The number of carbonyl (C=O) groups excluding carboxylic acids is 3. The quantitative estimate of drug-likeness (QED) is 0.574. The number of quaternary nitrogens is 1. The number of hydrogen-bond acceptors (Lipinski definition) is 5. The van der Waals surface area contributed by atoms with Crippen molar-refractivity contribution in [3.8, 4) is 0 Å². The summed E-state index contributed by atoms with van der Waals surface area (Å²) >= 11 is 6.21. The second-order valence-corrected chi connectivity index (χ2v) is 8.13. The van der Waals surface area contributed by atoms with E-state index in [4.69, 9.17) is 16.3 Å². The average Bonchev–Trinajstić information content (AvgIpc) is 3.23. The van der Waals surface area contributed by atoms with E-state index in [-0.39, 0.29) is 25.0 Å². The molecule has 3 heterocycles. The van der Waals surface area contributed by atoms with Crippen molar-refractivity contribution in [2.75, 3.05) is 25.6 Å². The number of methoxy groups -OCH3 is 1. The van der Waals surface area contributed by atoms with E-state index >= 15 is 0 Å². The number of hydrogen-bond donors (Lipinski definition) is 3. The molecular weight excluding hydrogens is 386 g/mol. The second-order valence-electron chi connectivity index (χ2n) is 7.73. The van der Waals surface area contributed by atoms with Crippen LogP contribution in [0.5, 0.6) is 0 Å². The summed E-state index contributed by atoms with van der Waals surface area (Å²) in [6, 6.07) is 2.82. The molecule has 1 aromatic carbocycles. The molecule has 5 atom stereocenters. The Hall–Kier alpha value is -2.00. The maximum Gasteiger partial charge on any atom is 0.291 e. The van der Waals surface area contributed by atoms with Crippen molar-refractivity contribution in [1.82, 2.24) is 4.90 Å². The van der Waals surface area contributed by atoms with Gasteiger partial charge in [-0.25, -0.2) is 0 Å². The summed E-state index contributed by atoms with van der Waals surface area (Å²) in [5, 5.41) is 15.4. The number of aliphatic hydroxyl groups is 1. The molecule has 0 unspecified atom stereocenters. The van der Waals surface area contributed by atoms with Crippen molar-refractivity contribution in [3.05, 3.63) is 28.3 Å². The number of fused-ring (bicyclic) bond motifs is 4. The van der Waals surface area contributed by atoms with Crippen LogP contribution in [0.3, 0.4) is 0 Å². The third-order valence-corrected chi connectivity index (χ3v) is 6.75. The van der Waals surface area contributed by atoms with Gasteiger partial charge >= 0.3 is 0 Å². The molecule has 2 saturated heterocycles. The Morgan fingerprint density at radius 3 is 2.71 bits per heavy atom. The van der Waals surface area contributed by atoms with Gasteiger partial charge in [0.1, 0.15) is 24.0 Å². The van der Waals surface area contributed by atoms with Gasteiger partial charge in [0.15, 0.2) is 0 Å². The number of halogens is 1. The van der Waals surface area contributed by atoms with Crippen LogP contribution in [0.15, 0.2) is 12.1 Å². The first-order chi connectivity index (χ1) is 13.3. The number of nitrogens with zero attached hydrogens (tertiary/aromatic N) is 1. The first-order valence-corrected chi connectivity index (χ1v) is 9.62. The fraction of sp³-hybridized carbons (Fsp3) is 0.526. The number of ether oxygens (including phenoxy) is 1. The normalized spacial score (nSPS) is 32.1. The fourth-order valence-corrected chi connectivity index (χ4v) is 5.13. The molecule has 0 saturated carbocycles. The summed E-state index contributed by atoms with van der Waals surface area (Å²) < 4.78 is 5.02. The van der Waals surface area contributed by atoms with Gasteiger partial charge in [0.25, 0.3) is 5.91 Å². The van der Waals surface area contributed by atoms with Gasteiger partial charge in [-0.05, 0) is 31.5 Å². The zero-order valence-corrected chi connectivity index (χ0v) is 16.6. The summed E-state index contributed by atoms with van der Waals surface area (Å²) in [5.74, 6) is -2.80. The van der Waals surface area contributed by atoms with Crippen LogP contribution in [0.2, 0.25) is 5.02 Å². The Balaban J connectivity index is 1.88. The number of benzene rings is 1. The van der Waals surface area contributed by atoms with Gasteiger partial charge in [0.05, 0.1) is 18.8 Å². The molecule has 0 aliphatic carbocycles. The predicted molar refractivity (Wildman–Crippen MR) is 99.5 cm³/mol. The van der Waals surface area contributed by atoms with Crippen LogP contribution < -0.4 is 10.6 Å². The van der Waals surface area contributed by atoms with Gasteiger partial charge in [-0.3, -0.25) is 19.3 Å². The molecule has 3 aliphatic heterocycles. The van der Waals surface area contributed by atoms with E-state index in [0.717, 1.165) is 4.90 Å². The first-order valence-electron chi connectivity index (χ1n) is 9.25. The van der Waals surface area contributed by atoms with Crippen LogP contribution in [0, 0.1) is 18.8 Å². The summed E-state index contributed by atoms with van der Waals surface area (Å²) in [7, 11) is 1.49. The molecule has 28 heavy (non-hydrogen) atoms. The van der Waals surface area contributed by atoms with E-state index < -0.39 is 35.4 Å². The molecule has 0 radical (unpaired) electrons. The van der Waals surface area contributed by atoms with Gasteiger partial charge in [-0.1, -0.05) is 11.6 Å². The molecule has 1 spiro atoms. The minimum atomic E-state index is -1.30. The van der Waals surface area contributed by atoms with E-state index in [9.17, 15) is 19.5 Å². The lowest BCUT2D eigenvalue weighted by molar-refractivity contribution is -0.738. The molecule has 4 N–H and O–H groups in total. The molecule has 3 aliphatic rings. The number of rotatable bonds is 4. The molecule has 8 nitrogen and oxygen atoms in total. The zero-order chi connectivity index (χ0) is 20.4. The summed E-state index contributed by atoms with van der Waals surface area (Å²) in [6.45, 7) is 3.71. The molecule has 0 bridgehead atoms. The summed E-state index contributed by atoms with van der Waals surface area (Å²) in [5.41, 5.74) is 0.621. The average molecular weight is 409 g/mol. The highest BCUT2D eigenvalue weighted by Gasteiger charge is 2.74. The monoisotopic (exact) mass is 408 g/mol. The van der Waals surface area contributed by atoms with Gasteiger partial charge in [0.2, 0.25) is 17.4 Å². The Morgan fingerprint density at radius 1 is 1.36 bits per heavy atom. The lowest BCUT2D eigenvalue weighted by Gasteiger charge is -2.27. The summed E-state index contributed by atoms with van der Waals surface area (Å²) in [6.07, 6.45) is -0.878. The molecule has 9 heteroatoms. The topological polar surface area (TPSA) is 113 Å². The number of aliphatic hydroxyl groups excluding tert-OH is 1. The second kappa shape index (κ2) is 6.52.